The van der Waals surface area contributed by atoms with Crippen LogP contribution in [0.3, 0.4) is 0 Å². The topological polar surface area (TPSA) is 155 Å². The van der Waals surface area contributed by atoms with Crippen LogP contribution in [0.25, 0.3) is 0 Å². The molecule has 0 aromatic heterocycles. The van der Waals surface area contributed by atoms with Crippen molar-refractivity contribution in [3.8, 4) is 0 Å². The average Bonchev–Trinajstić information content (AvgIpc) is 3.41. The fourth-order valence-corrected chi connectivity index (χ4v) is 9.21. The number of hydrogen-bond donors (Lipinski definition) is 2. The summed E-state index contributed by atoms with van der Waals surface area (Å²) in [6.07, 6.45) is 65.8. The molecule has 440 valence electrons. The van der Waals surface area contributed by atoms with E-state index in [0.29, 0.717) is 19.3 Å². The molecule has 76 heavy (non-hydrogen) atoms. The number of esters is 3. The number of phosphoric acid groups is 1. The summed E-state index contributed by atoms with van der Waals surface area (Å²) in [7, 11) is -4.76. The highest BCUT2D eigenvalue weighted by molar-refractivity contribution is 7.47. The van der Waals surface area contributed by atoms with Crippen molar-refractivity contribution in [2.24, 2.45) is 0 Å². The van der Waals surface area contributed by atoms with E-state index in [0.717, 1.165) is 109 Å². The van der Waals surface area contributed by atoms with Crippen LogP contribution in [-0.2, 0) is 42.2 Å². The molecule has 2 N–H and O–H groups in total. The molecule has 0 aliphatic heterocycles. The first kappa shape index (κ1) is 72.9. The Kier molecular flexibility index (Phi) is 55.7. The smallest absolute Gasteiger partial charge is 0.462 e. The third-order valence-electron chi connectivity index (χ3n) is 13.1. The molecule has 11 nitrogen and oxygen atoms in total. The van der Waals surface area contributed by atoms with Crippen molar-refractivity contribution in [1.29, 1.82) is 0 Å². The summed E-state index contributed by atoms with van der Waals surface area (Å²) in [4.78, 5) is 48.6. The summed E-state index contributed by atoms with van der Waals surface area (Å²) in [5, 5.41) is 9.84. The predicted molar refractivity (Wildman–Crippen MR) is 316 cm³/mol. The van der Waals surface area contributed by atoms with Gasteiger partial charge < -0.3 is 24.2 Å². The molecule has 0 aliphatic rings. The second-order valence-electron chi connectivity index (χ2n) is 20.5. The van der Waals surface area contributed by atoms with E-state index in [1.807, 2.05) is 0 Å². The molecule has 3 unspecified atom stereocenters. The van der Waals surface area contributed by atoms with E-state index < -0.39 is 57.8 Å². The van der Waals surface area contributed by atoms with Gasteiger partial charge in [-0.3, -0.25) is 23.4 Å². The van der Waals surface area contributed by atoms with Gasteiger partial charge in [-0.05, 0) is 83.5 Å². The molecule has 0 spiro atoms. The monoisotopic (exact) mass is 1090 g/mol. The van der Waals surface area contributed by atoms with Crippen LogP contribution in [0.1, 0.15) is 278 Å². The van der Waals surface area contributed by atoms with Gasteiger partial charge in [-0.2, -0.15) is 0 Å². The Balaban J connectivity index is 4.66. The van der Waals surface area contributed by atoms with Gasteiger partial charge in [0.15, 0.2) is 6.10 Å². The first-order chi connectivity index (χ1) is 37.2. The number of carbonyl (C=O) groups is 3. The molecule has 0 bridgehead atoms. The van der Waals surface area contributed by atoms with Gasteiger partial charge in [-0.15, -0.1) is 0 Å². The second-order valence-corrected chi connectivity index (χ2v) is 21.9. The van der Waals surface area contributed by atoms with E-state index in [9.17, 15) is 28.9 Å². The average molecular weight is 1090 g/mol. The molecular formula is C64H113O11P. The van der Waals surface area contributed by atoms with E-state index in [2.05, 4.69) is 93.7 Å². The zero-order valence-corrected chi connectivity index (χ0v) is 49.6. The highest BCUT2D eigenvalue weighted by Gasteiger charge is 2.28. The minimum absolute atomic E-state index is 0.126. The first-order valence-electron chi connectivity index (χ1n) is 30.8. The number of hydrogen-bond acceptors (Lipinski definition) is 10. The van der Waals surface area contributed by atoms with Crippen LogP contribution in [0.5, 0.6) is 0 Å². The maximum atomic E-state index is 12.9. The third kappa shape index (κ3) is 55.7. The van der Waals surface area contributed by atoms with Crippen molar-refractivity contribution in [2.45, 2.75) is 290 Å². The zero-order valence-electron chi connectivity index (χ0n) is 48.7. The predicted octanol–water partition coefficient (Wildman–Crippen LogP) is 18.5. The minimum Gasteiger partial charge on any atom is -0.462 e. The van der Waals surface area contributed by atoms with Crippen LogP contribution in [0, 0.1) is 0 Å². The Morgan fingerprint density at radius 2 is 0.697 bits per heavy atom. The van der Waals surface area contributed by atoms with Crippen LogP contribution in [-0.4, -0.2) is 66.5 Å². The van der Waals surface area contributed by atoms with Crippen molar-refractivity contribution in [2.75, 3.05) is 26.4 Å². The Morgan fingerprint density at radius 1 is 0.382 bits per heavy atom. The number of carbonyl (C=O) groups excluding carboxylic acids is 3. The van der Waals surface area contributed by atoms with Crippen molar-refractivity contribution >= 4 is 25.7 Å². The van der Waals surface area contributed by atoms with E-state index >= 15 is 0 Å². The number of phosphoric ester groups is 1. The van der Waals surface area contributed by atoms with Crippen LogP contribution in [0.2, 0.25) is 0 Å². The van der Waals surface area contributed by atoms with Gasteiger partial charge in [0.25, 0.3) is 0 Å². The molecule has 0 aromatic carbocycles. The normalized spacial score (nSPS) is 13.8. The summed E-state index contributed by atoms with van der Waals surface area (Å²) in [5.74, 6) is -1.51. The molecule has 0 saturated carbocycles. The van der Waals surface area contributed by atoms with E-state index in [1.54, 1.807) is 0 Å². The fourth-order valence-electron chi connectivity index (χ4n) is 8.42. The molecule has 0 fully saturated rings. The number of unbranched alkanes of at least 4 members (excludes halogenated alkanes) is 28. The standard InChI is InChI=1S/C64H113O11P/c1-4-7-10-13-16-19-22-24-26-28-30-32-34-36-39-42-45-48-51-54-63(67)74-60(56-65)58-72-76(69,70)73-59-61(57-71-62(66)53-50-47-44-41-38-21-18-15-12-9-6-3)75-64(68)55-52-49-46-43-40-37-35-33-31-29-27-25-23-20-17-14-11-8-5-2/h8,11,15,17-18,20,25,27,31,33,37,40,60-61,65H,4-7,9-10,12-14,16,19,21-24,26,28-30,32,34-36,38-39,41-59H2,1-3H3,(H,69,70)/b11-8-,18-15-,20-17-,27-25-,33-31-,40-37-. The van der Waals surface area contributed by atoms with Crippen LogP contribution < -0.4 is 0 Å². The molecule has 0 rings (SSSR count). The first-order valence-corrected chi connectivity index (χ1v) is 32.3. The highest BCUT2D eigenvalue weighted by atomic mass is 31.2. The number of aliphatic hydroxyl groups excluding tert-OH is 1. The van der Waals surface area contributed by atoms with E-state index in [4.69, 9.17) is 23.3 Å². The van der Waals surface area contributed by atoms with Crippen molar-refractivity contribution < 1.29 is 52.2 Å². The molecular weight excluding hydrogens is 976 g/mol. The molecule has 0 aliphatic carbocycles. The van der Waals surface area contributed by atoms with Crippen molar-refractivity contribution in [3.05, 3.63) is 72.9 Å². The summed E-state index contributed by atoms with van der Waals surface area (Å²) in [5.41, 5.74) is 0. The van der Waals surface area contributed by atoms with Gasteiger partial charge in [0.2, 0.25) is 0 Å². The van der Waals surface area contributed by atoms with Gasteiger partial charge in [0.1, 0.15) is 12.7 Å². The largest absolute Gasteiger partial charge is 0.472 e. The lowest BCUT2D eigenvalue weighted by molar-refractivity contribution is -0.161. The van der Waals surface area contributed by atoms with Gasteiger partial charge in [0, 0.05) is 19.3 Å². The Morgan fingerprint density at radius 3 is 1.12 bits per heavy atom. The van der Waals surface area contributed by atoms with Gasteiger partial charge >= 0.3 is 25.7 Å². The molecule has 0 aromatic rings. The summed E-state index contributed by atoms with van der Waals surface area (Å²) in [6, 6.07) is 0. The minimum atomic E-state index is -4.76. The Bertz CT molecular complexity index is 1550. The summed E-state index contributed by atoms with van der Waals surface area (Å²) in [6.45, 7) is 4.48. The van der Waals surface area contributed by atoms with Crippen LogP contribution in [0.15, 0.2) is 72.9 Å². The number of aliphatic hydroxyl groups is 1. The Labute approximate surface area is 465 Å². The molecule has 0 radical (unpaired) electrons. The second kappa shape index (κ2) is 58.1. The molecule has 0 heterocycles. The molecule has 0 amide bonds. The van der Waals surface area contributed by atoms with Gasteiger partial charge in [-0.1, -0.05) is 248 Å². The number of ether oxygens (including phenoxy) is 3. The summed E-state index contributed by atoms with van der Waals surface area (Å²) >= 11 is 0. The lowest BCUT2D eigenvalue weighted by Crippen LogP contribution is -2.30. The number of allylic oxidation sites excluding steroid dienone is 12. The van der Waals surface area contributed by atoms with E-state index in [-0.39, 0.29) is 25.9 Å². The molecule has 3 atom stereocenters. The van der Waals surface area contributed by atoms with Gasteiger partial charge in [0.05, 0.1) is 19.8 Å². The molecule has 0 saturated heterocycles. The van der Waals surface area contributed by atoms with Crippen molar-refractivity contribution in [3.63, 3.8) is 0 Å². The third-order valence-corrected chi connectivity index (χ3v) is 14.1. The fraction of sp³-hybridized carbons (Fsp3) is 0.766. The SMILES string of the molecule is CC/C=C\C/C=C\C/C=C\C/C=C\C/C=C\CCCCCC(=O)OC(COC(=O)CCCCCCC/C=C\CCCC)COP(=O)(O)OCC(CO)OC(=O)CCCCCCCCCCCCCCCCCCCCC. The zero-order chi connectivity index (χ0) is 55.5. The van der Waals surface area contributed by atoms with Crippen LogP contribution in [0.4, 0.5) is 0 Å². The lowest BCUT2D eigenvalue weighted by atomic mass is 10.0. The maximum absolute atomic E-state index is 12.9. The lowest BCUT2D eigenvalue weighted by Gasteiger charge is -2.21. The van der Waals surface area contributed by atoms with Crippen LogP contribution >= 0.6 is 7.82 Å². The maximum Gasteiger partial charge on any atom is 0.472 e. The molecule has 12 heteroatoms. The van der Waals surface area contributed by atoms with Gasteiger partial charge in [-0.25, -0.2) is 4.57 Å². The van der Waals surface area contributed by atoms with Crippen molar-refractivity contribution in [1.82, 2.24) is 0 Å². The van der Waals surface area contributed by atoms with E-state index in [1.165, 1.54) is 109 Å². The highest BCUT2D eigenvalue weighted by Crippen LogP contribution is 2.43. The summed E-state index contributed by atoms with van der Waals surface area (Å²) < 4.78 is 39.5. The number of rotatable bonds is 57. The quantitative estimate of drug-likeness (QED) is 0.0197. The Hall–Kier alpha value is -3.08.